The molecule has 8 unspecified atom stereocenters. The van der Waals surface area contributed by atoms with Crippen molar-refractivity contribution in [1.82, 2.24) is 0 Å². The Morgan fingerprint density at radius 2 is 1.88 bits per heavy atom. The Morgan fingerprint density at radius 1 is 1.17 bits per heavy atom. The second-order valence-corrected chi connectivity index (χ2v) is 8.36. The third-order valence-electron chi connectivity index (χ3n) is 6.82. The van der Waals surface area contributed by atoms with Gasteiger partial charge in [0.2, 0.25) is 0 Å². The molecule has 0 radical (unpaired) electrons. The van der Waals surface area contributed by atoms with Gasteiger partial charge >= 0.3 is 0 Å². The molecular weight excluding hydrogens is 300 g/mol. The molecule has 134 valence electrons. The summed E-state index contributed by atoms with van der Waals surface area (Å²) in [6.07, 6.45) is 7.41. The van der Waals surface area contributed by atoms with Gasteiger partial charge in [-0.1, -0.05) is 13.2 Å². The first-order chi connectivity index (χ1) is 11.4. The van der Waals surface area contributed by atoms with Crippen LogP contribution < -0.4 is 0 Å². The van der Waals surface area contributed by atoms with Crippen LogP contribution in [0.4, 0.5) is 0 Å². The third-order valence-corrected chi connectivity index (χ3v) is 6.82. The molecule has 3 fully saturated rings. The van der Waals surface area contributed by atoms with Gasteiger partial charge < -0.3 is 9.47 Å². The average molecular weight is 332 g/mol. The van der Waals surface area contributed by atoms with E-state index in [1.807, 2.05) is 6.92 Å². The van der Waals surface area contributed by atoms with Crippen molar-refractivity contribution in [2.45, 2.75) is 65.1 Å². The highest BCUT2D eigenvalue weighted by Crippen LogP contribution is 2.63. The average Bonchev–Trinajstić information content (AvgIpc) is 3.17. The molecule has 3 nitrogen and oxygen atoms in total. The van der Waals surface area contributed by atoms with Crippen molar-refractivity contribution in [3.63, 3.8) is 0 Å². The van der Waals surface area contributed by atoms with E-state index in [9.17, 15) is 4.79 Å². The zero-order valence-corrected chi connectivity index (χ0v) is 15.4. The van der Waals surface area contributed by atoms with Crippen LogP contribution in [0.3, 0.4) is 0 Å². The Morgan fingerprint density at radius 3 is 2.54 bits per heavy atom. The van der Waals surface area contributed by atoms with Gasteiger partial charge in [0.05, 0.1) is 18.1 Å². The van der Waals surface area contributed by atoms with Gasteiger partial charge in [-0.3, -0.25) is 4.79 Å². The van der Waals surface area contributed by atoms with Crippen LogP contribution in [0.1, 0.15) is 52.9 Å². The Kier molecular flexibility index (Phi) is 5.08. The largest absolute Gasteiger partial charge is 0.499 e. The van der Waals surface area contributed by atoms with Crippen LogP contribution in [0.25, 0.3) is 0 Å². The molecule has 0 aliphatic heterocycles. The van der Waals surface area contributed by atoms with Crippen LogP contribution in [-0.2, 0) is 14.3 Å². The van der Waals surface area contributed by atoms with E-state index in [-0.39, 0.29) is 18.0 Å². The van der Waals surface area contributed by atoms with Crippen molar-refractivity contribution in [2.24, 2.45) is 35.5 Å². The van der Waals surface area contributed by atoms with Crippen molar-refractivity contribution in [1.29, 1.82) is 0 Å². The number of fused-ring (bicyclic) bond motifs is 5. The summed E-state index contributed by atoms with van der Waals surface area (Å²) < 4.78 is 11.6. The van der Waals surface area contributed by atoms with Gasteiger partial charge in [-0.25, -0.2) is 0 Å². The van der Waals surface area contributed by atoms with Crippen molar-refractivity contribution in [3.05, 3.63) is 25.2 Å². The number of hydrogen-bond donors (Lipinski definition) is 0. The zero-order chi connectivity index (χ0) is 17.4. The molecule has 0 aromatic rings. The number of carbonyl (C=O) groups excluding carboxylic acids is 1. The van der Waals surface area contributed by atoms with E-state index in [4.69, 9.17) is 9.47 Å². The first kappa shape index (κ1) is 17.6. The highest BCUT2D eigenvalue weighted by Gasteiger charge is 2.57. The Labute approximate surface area is 146 Å². The molecule has 3 saturated carbocycles. The summed E-state index contributed by atoms with van der Waals surface area (Å²) in [5.74, 6) is 5.53. The van der Waals surface area contributed by atoms with Crippen molar-refractivity contribution in [2.75, 3.05) is 0 Å². The number of ketones is 1. The molecule has 24 heavy (non-hydrogen) atoms. The number of carbonyl (C=O) groups is 1. The SMILES string of the molecule is C=COC(C)C1CC2CC1C1CC(C(=C)OC(C)CC(C)=O)CC21. The minimum Gasteiger partial charge on any atom is -0.499 e. The normalized spacial score (nSPS) is 39.1. The lowest BCUT2D eigenvalue weighted by molar-refractivity contribution is -0.119. The molecule has 3 aliphatic rings. The summed E-state index contributed by atoms with van der Waals surface area (Å²) in [6, 6.07) is 0. The summed E-state index contributed by atoms with van der Waals surface area (Å²) in [5, 5.41) is 0. The quantitative estimate of drug-likeness (QED) is 0.603. The highest BCUT2D eigenvalue weighted by atomic mass is 16.5. The minimum absolute atomic E-state index is 0.0547. The fraction of sp³-hybridized carbons (Fsp3) is 0.762. The second-order valence-electron chi connectivity index (χ2n) is 8.36. The van der Waals surface area contributed by atoms with E-state index < -0.39 is 0 Å². The predicted octanol–water partition coefficient (Wildman–Crippen LogP) is 4.73. The molecule has 0 saturated heterocycles. The van der Waals surface area contributed by atoms with Crippen LogP contribution in [-0.4, -0.2) is 18.0 Å². The van der Waals surface area contributed by atoms with Crippen LogP contribution in [0.5, 0.6) is 0 Å². The lowest BCUT2D eigenvalue weighted by Gasteiger charge is -2.34. The van der Waals surface area contributed by atoms with E-state index in [0.29, 0.717) is 18.3 Å². The van der Waals surface area contributed by atoms with Gasteiger partial charge in [-0.05, 0) is 76.0 Å². The molecule has 3 heteroatoms. The number of rotatable bonds is 8. The number of allylic oxidation sites excluding steroid dienone is 1. The first-order valence-corrected chi connectivity index (χ1v) is 9.51. The van der Waals surface area contributed by atoms with Crippen molar-refractivity contribution in [3.8, 4) is 0 Å². The Hall–Kier alpha value is -1.25. The van der Waals surface area contributed by atoms with Crippen LogP contribution in [0, 0.1) is 35.5 Å². The number of Topliss-reactive ketones (excluding diaryl/α,β-unsaturated/α-hetero) is 1. The first-order valence-electron chi connectivity index (χ1n) is 9.51. The molecule has 0 amide bonds. The molecule has 0 aromatic heterocycles. The summed E-state index contributed by atoms with van der Waals surface area (Å²) in [6.45, 7) is 13.7. The van der Waals surface area contributed by atoms with Crippen molar-refractivity contribution >= 4 is 5.78 Å². The van der Waals surface area contributed by atoms with Crippen molar-refractivity contribution < 1.29 is 14.3 Å². The molecule has 0 aromatic carbocycles. The predicted molar refractivity (Wildman–Crippen MR) is 95.1 cm³/mol. The van der Waals surface area contributed by atoms with Gasteiger partial charge in [-0.15, -0.1) is 0 Å². The Bertz CT molecular complexity index is 511. The standard InChI is InChI=1S/C21H32O3/c1-6-23-15(5)18-10-17-11-20(18)21-9-16(8-19(17)21)14(4)24-13(3)7-12(2)22/h6,13,15-21H,1,4,7-11H2,2-3,5H3. The van der Waals surface area contributed by atoms with Gasteiger partial charge in [0.1, 0.15) is 11.9 Å². The third kappa shape index (κ3) is 3.27. The summed E-state index contributed by atoms with van der Waals surface area (Å²) in [5.41, 5.74) is 0. The monoisotopic (exact) mass is 332 g/mol. The lowest BCUT2D eigenvalue weighted by Crippen LogP contribution is -2.31. The van der Waals surface area contributed by atoms with E-state index in [2.05, 4.69) is 20.1 Å². The molecule has 3 rings (SSSR count). The van der Waals surface area contributed by atoms with Gasteiger partial charge in [0.15, 0.2) is 0 Å². The zero-order valence-electron chi connectivity index (χ0n) is 15.4. The van der Waals surface area contributed by atoms with Gasteiger partial charge in [0, 0.05) is 12.3 Å². The van der Waals surface area contributed by atoms with E-state index >= 15 is 0 Å². The fourth-order valence-electron chi connectivity index (χ4n) is 5.98. The van der Waals surface area contributed by atoms with Crippen LogP contribution in [0.15, 0.2) is 25.2 Å². The second kappa shape index (κ2) is 6.93. The summed E-state index contributed by atoms with van der Waals surface area (Å²) in [7, 11) is 0. The minimum atomic E-state index is -0.0547. The fourth-order valence-corrected chi connectivity index (χ4v) is 5.98. The summed E-state index contributed by atoms with van der Waals surface area (Å²) in [4.78, 5) is 11.2. The number of ether oxygens (including phenoxy) is 2. The van der Waals surface area contributed by atoms with E-state index in [1.54, 1.807) is 13.2 Å². The molecule has 8 atom stereocenters. The smallest absolute Gasteiger partial charge is 0.133 e. The topological polar surface area (TPSA) is 35.5 Å². The van der Waals surface area contributed by atoms with E-state index in [0.717, 1.165) is 29.4 Å². The van der Waals surface area contributed by atoms with Gasteiger partial charge in [-0.2, -0.15) is 0 Å². The summed E-state index contributed by atoms with van der Waals surface area (Å²) >= 11 is 0. The molecular formula is C21H32O3. The maximum Gasteiger partial charge on any atom is 0.133 e. The van der Waals surface area contributed by atoms with E-state index in [1.165, 1.54) is 25.7 Å². The molecule has 2 bridgehead atoms. The highest BCUT2D eigenvalue weighted by molar-refractivity contribution is 5.75. The van der Waals surface area contributed by atoms with Crippen LogP contribution in [0.2, 0.25) is 0 Å². The maximum atomic E-state index is 11.2. The molecule has 0 N–H and O–H groups in total. The lowest BCUT2D eigenvalue weighted by atomic mass is 9.74. The molecule has 0 heterocycles. The van der Waals surface area contributed by atoms with Crippen LogP contribution >= 0.6 is 0 Å². The Balaban J connectivity index is 1.57. The number of hydrogen-bond acceptors (Lipinski definition) is 3. The molecule has 3 aliphatic carbocycles. The maximum absolute atomic E-state index is 11.2. The molecule has 0 spiro atoms. The van der Waals surface area contributed by atoms with Gasteiger partial charge in [0.25, 0.3) is 0 Å².